The van der Waals surface area contributed by atoms with Gasteiger partial charge in [-0.3, -0.25) is 0 Å². The van der Waals surface area contributed by atoms with E-state index in [2.05, 4.69) is 0 Å². The fourth-order valence-electron chi connectivity index (χ4n) is 3.27. The molecule has 0 bridgehead atoms. The highest BCUT2D eigenvalue weighted by molar-refractivity contribution is 6.32. The first-order valence-electron chi connectivity index (χ1n) is 12.0. The van der Waals surface area contributed by atoms with Crippen molar-refractivity contribution in [3.63, 3.8) is 0 Å². The molecule has 5 aromatic rings. The highest BCUT2D eigenvalue weighted by Crippen LogP contribution is 2.39. The third-order valence-electron chi connectivity index (χ3n) is 4.30. The molecule has 1 heterocycles. The van der Waals surface area contributed by atoms with Crippen molar-refractivity contribution in [2.45, 2.75) is 0 Å². The molecule has 0 aliphatic carbocycles. The summed E-state index contributed by atoms with van der Waals surface area (Å²) in [5.41, 5.74) is 1.88. The van der Waals surface area contributed by atoms with Crippen LogP contribution in [0.1, 0.15) is 11.0 Å². The molecule has 1 aromatic heterocycles. The zero-order chi connectivity index (χ0) is 24.5. The van der Waals surface area contributed by atoms with Crippen LogP contribution >= 0.6 is 11.6 Å². The van der Waals surface area contributed by atoms with E-state index in [1.54, 1.807) is 22.8 Å². The van der Waals surface area contributed by atoms with Crippen molar-refractivity contribution in [3.05, 3.63) is 102 Å². The highest BCUT2D eigenvalue weighted by Gasteiger charge is 2.16. The molecule has 0 atom stereocenters. The second-order valence-electron chi connectivity index (χ2n) is 5.78. The lowest BCUT2D eigenvalue weighted by molar-refractivity contribution is 1.18. The first-order chi connectivity index (χ1) is 16.2. The van der Waals surface area contributed by atoms with E-state index in [9.17, 15) is 0 Å². The lowest BCUT2D eigenvalue weighted by atomic mass is 9.99. The zero-order valence-electron chi connectivity index (χ0n) is 21.4. The topological polar surface area (TPSA) is 4.93 Å². The Morgan fingerprint density at radius 1 is 0.769 bits per heavy atom. The Kier molecular flexibility index (Phi) is 2.11. The normalized spacial score (nSPS) is 15.6. The van der Waals surface area contributed by atoms with E-state index in [1.165, 1.54) is 0 Å². The van der Waals surface area contributed by atoms with Gasteiger partial charge in [-0.1, -0.05) is 72.1 Å². The summed E-state index contributed by atoms with van der Waals surface area (Å²) in [5.74, 6) is 0. The van der Waals surface area contributed by atoms with E-state index >= 15 is 0 Å². The molecule has 26 heavy (non-hydrogen) atoms. The lowest BCUT2D eigenvalue weighted by Crippen LogP contribution is -1.92. The van der Waals surface area contributed by atoms with E-state index in [1.807, 2.05) is 30.3 Å². The van der Waals surface area contributed by atoms with Gasteiger partial charge in [-0.05, 0) is 47.5 Å². The standard InChI is InChI=1S/C24H16ClN/c25-18-14-15-22-21(16-18)24-20(17-8-3-1-4-9-17)12-7-13-23(24)26(22)19-10-5-2-6-11-19/h1-16H/i1D,3D,4D,8D,9D,14D,15D,16D. The summed E-state index contributed by atoms with van der Waals surface area (Å²) in [7, 11) is 0. The van der Waals surface area contributed by atoms with E-state index in [0.717, 1.165) is 0 Å². The molecule has 0 N–H and O–H groups in total. The zero-order valence-corrected chi connectivity index (χ0v) is 14.2. The monoisotopic (exact) mass is 361 g/mol. The van der Waals surface area contributed by atoms with Crippen LogP contribution in [-0.2, 0) is 0 Å². The quantitative estimate of drug-likeness (QED) is 0.316. The van der Waals surface area contributed by atoms with Crippen molar-refractivity contribution >= 4 is 33.4 Å². The number of halogens is 1. The average Bonchev–Trinajstić information content (AvgIpc) is 3.20. The summed E-state index contributed by atoms with van der Waals surface area (Å²) >= 11 is 6.29. The molecule has 0 aliphatic heterocycles. The van der Waals surface area contributed by atoms with Crippen LogP contribution < -0.4 is 0 Å². The van der Waals surface area contributed by atoms with E-state index in [4.69, 9.17) is 22.6 Å². The number of para-hydroxylation sites is 1. The minimum absolute atomic E-state index is 0.000662. The van der Waals surface area contributed by atoms with Crippen molar-refractivity contribution in [3.8, 4) is 16.8 Å². The second-order valence-corrected chi connectivity index (χ2v) is 6.16. The molecular formula is C24H16ClN. The molecule has 5 rings (SSSR count). The Morgan fingerprint density at radius 2 is 1.58 bits per heavy atom. The predicted octanol–water partition coefficient (Wildman–Crippen LogP) is 7.10. The summed E-state index contributed by atoms with van der Waals surface area (Å²) in [6.07, 6.45) is 0. The summed E-state index contributed by atoms with van der Waals surface area (Å²) in [6.45, 7) is 0. The van der Waals surface area contributed by atoms with Gasteiger partial charge in [-0.25, -0.2) is 0 Å². The molecule has 0 aliphatic rings. The van der Waals surface area contributed by atoms with Crippen molar-refractivity contribution in [1.82, 2.24) is 4.57 Å². The van der Waals surface area contributed by atoms with Gasteiger partial charge in [0, 0.05) is 21.5 Å². The van der Waals surface area contributed by atoms with Crippen LogP contribution in [0.2, 0.25) is 5.02 Å². The van der Waals surface area contributed by atoms with Crippen LogP contribution in [0.15, 0.2) is 96.9 Å². The van der Waals surface area contributed by atoms with Gasteiger partial charge in [0.2, 0.25) is 0 Å². The van der Waals surface area contributed by atoms with Crippen LogP contribution in [0.5, 0.6) is 0 Å². The maximum absolute atomic E-state index is 8.72. The van der Waals surface area contributed by atoms with Crippen molar-refractivity contribution in [1.29, 1.82) is 0 Å². The minimum atomic E-state index is -0.492. The third kappa shape index (κ3) is 2.33. The first-order valence-corrected chi connectivity index (χ1v) is 8.39. The molecule has 0 amide bonds. The molecule has 2 heteroatoms. The number of aromatic nitrogens is 1. The number of hydrogen-bond acceptors (Lipinski definition) is 0. The highest BCUT2D eigenvalue weighted by atomic mass is 35.5. The molecule has 4 aromatic carbocycles. The van der Waals surface area contributed by atoms with Crippen LogP contribution in [0.3, 0.4) is 0 Å². The molecule has 0 radical (unpaired) electrons. The largest absolute Gasteiger partial charge is 0.309 e. The number of rotatable bonds is 2. The molecule has 0 unspecified atom stereocenters. The second kappa shape index (κ2) is 6.05. The average molecular weight is 362 g/mol. The van der Waals surface area contributed by atoms with Gasteiger partial charge in [0.1, 0.15) is 0 Å². The van der Waals surface area contributed by atoms with Gasteiger partial charge in [-0.2, -0.15) is 0 Å². The number of benzene rings is 4. The van der Waals surface area contributed by atoms with Crippen LogP contribution in [-0.4, -0.2) is 4.57 Å². The van der Waals surface area contributed by atoms with E-state index in [0.29, 0.717) is 27.7 Å². The van der Waals surface area contributed by atoms with Gasteiger partial charge in [0.05, 0.1) is 22.0 Å². The summed E-state index contributed by atoms with van der Waals surface area (Å²) in [5, 5.41) is 0.535. The SMILES string of the molecule is [2H]c1c([2H])c([2H])c(-c2cccc3c2c2c([2H])c(Cl)c([2H])c([2H])c2n3-c2ccccc2)c([2H])c1[2H]. The fraction of sp³-hybridized carbons (Fsp3) is 0. The van der Waals surface area contributed by atoms with E-state index in [-0.39, 0.29) is 46.2 Å². The molecule has 0 saturated heterocycles. The molecule has 0 saturated carbocycles. The molecule has 124 valence electrons. The van der Waals surface area contributed by atoms with Crippen LogP contribution in [0.4, 0.5) is 0 Å². The third-order valence-corrected chi connectivity index (χ3v) is 4.49. The smallest absolute Gasteiger partial charge is 0.0646 e. The van der Waals surface area contributed by atoms with Crippen LogP contribution in [0, 0.1) is 0 Å². The number of nitrogens with zero attached hydrogens (tertiary/aromatic N) is 1. The van der Waals surface area contributed by atoms with Crippen molar-refractivity contribution in [2.24, 2.45) is 0 Å². The fourth-order valence-corrected chi connectivity index (χ4v) is 3.42. The maximum atomic E-state index is 8.72. The van der Waals surface area contributed by atoms with Gasteiger partial charge < -0.3 is 4.57 Å². The Balaban J connectivity index is 2.09. The van der Waals surface area contributed by atoms with Crippen molar-refractivity contribution < 1.29 is 11.0 Å². The molecule has 0 fully saturated rings. The Hall–Kier alpha value is -3.03. The molecule has 1 nitrogen and oxygen atoms in total. The van der Waals surface area contributed by atoms with Gasteiger partial charge in [0.25, 0.3) is 0 Å². The van der Waals surface area contributed by atoms with Gasteiger partial charge in [-0.15, -0.1) is 0 Å². The number of fused-ring (bicyclic) bond motifs is 3. The lowest BCUT2D eigenvalue weighted by Gasteiger charge is -2.08. The number of hydrogen-bond donors (Lipinski definition) is 0. The van der Waals surface area contributed by atoms with Gasteiger partial charge in [0.15, 0.2) is 0 Å². The summed E-state index contributed by atoms with van der Waals surface area (Å²) in [4.78, 5) is 0. The maximum Gasteiger partial charge on any atom is 0.0646 e. The molecule has 0 spiro atoms. The summed E-state index contributed by atoms with van der Waals surface area (Å²) < 4.78 is 68.5. The minimum Gasteiger partial charge on any atom is -0.309 e. The predicted molar refractivity (Wildman–Crippen MR) is 111 cm³/mol. The Labute approximate surface area is 168 Å². The van der Waals surface area contributed by atoms with Crippen LogP contribution in [0.25, 0.3) is 38.6 Å². The first kappa shape index (κ1) is 9.07. The Bertz CT molecular complexity index is 1610. The van der Waals surface area contributed by atoms with E-state index < -0.39 is 18.1 Å². The Morgan fingerprint density at radius 3 is 2.38 bits per heavy atom. The van der Waals surface area contributed by atoms with Crippen molar-refractivity contribution in [2.75, 3.05) is 0 Å². The summed E-state index contributed by atoms with van der Waals surface area (Å²) in [6, 6.07) is 11.6. The van der Waals surface area contributed by atoms with Gasteiger partial charge >= 0.3 is 0 Å². The molecular weight excluding hydrogens is 338 g/mol.